The van der Waals surface area contributed by atoms with E-state index in [9.17, 15) is 18.0 Å². The summed E-state index contributed by atoms with van der Waals surface area (Å²) in [6.45, 7) is 1.71. The van der Waals surface area contributed by atoms with Crippen LogP contribution in [0.4, 0.5) is 13.2 Å². The van der Waals surface area contributed by atoms with Crippen molar-refractivity contribution in [1.29, 1.82) is 0 Å². The number of hydrogen-bond acceptors (Lipinski definition) is 3. The average molecular weight is 282 g/mol. The van der Waals surface area contributed by atoms with Crippen molar-refractivity contribution in [2.45, 2.75) is 13.1 Å². The van der Waals surface area contributed by atoms with Crippen molar-refractivity contribution in [2.24, 2.45) is 7.05 Å². The zero-order valence-corrected chi connectivity index (χ0v) is 10.5. The molecule has 3 aromatic heterocycles. The maximum absolute atomic E-state index is 12.6. The van der Waals surface area contributed by atoms with Crippen LogP contribution >= 0.6 is 0 Å². The van der Waals surface area contributed by atoms with E-state index in [4.69, 9.17) is 0 Å². The van der Waals surface area contributed by atoms with Crippen molar-refractivity contribution in [3.8, 4) is 0 Å². The number of imidazole rings is 1. The van der Waals surface area contributed by atoms with Crippen LogP contribution in [0.25, 0.3) is 22.1 Å². The number of hydrogen-bond donors (Lipinski definition) is 1. The Hall–Kier alpha value is -2.38. The van der Waals surface area contributed by atoms with Crippen molar-refractivity contribution in [3.05, 3.63) is 34.0 Å². The summed E-state index contributed by atoms with van der Waals surface area (Å²) >= 11 is 0. The molecule has 3 aromatic rings. The van der Waals surface area contributed by atoms with Gasteiger partial charge in [-0.3, -0.25) is 4.79 Å². The molecular formula is C12H9F3N4O. The van der Waals surface area contributed by atoms with Crippen LogP contribution in [0.2, 0.25) is 0 Å². The van der Waals surface area contributed by atoms with E-state index in [0.29, 0.717) is 16.7 Å². The van der Waals surface area contributed by atoms with Gasteiger partial charge in [0.25, 0.3) is 5.56 Å². The molecule has 3 heterocycles. The molecule has 1 N–H and O–H groups in total. The second kappa shape index (κ2) is 3.81. The van der Waals surface area contributed by atoms with Crippen LogP contribution in [0.1, 0.15) is 11.5 Å². The van der Waals surface area contributed by atoms with Crippen molar-refractivity contribution < 1.29 is 13.2 Å². The highest BCUT2D eigenvalue weighted by Crippen LogP contribution is 2.29. The van der Waals surface area contributed by atoms with Crippen LogP contribution in [-0.4, -0.2) is 19.5 Å². The van der Waals surface area contributed by atoms with Gasteiger partial charge in [0.1, 0.15) is 17.2 Å². The molecule has 0 aliphatic carbocycles. The molecule has 0 aromatic carbocycles. The Morgan fingerprint density at radius 1 is 1.25 bits per heavy atom. The first kappa shape index (κ1) is 12.6. The molecule has 0 unspecified atom stereocenters. The average Bonchev–Trinajstić information content (AvgIpc) is 2.65. The quantitative estimate of drug-likeness (QED) is 0.687. The lowest BCUT2D eigenvalue weighted by atomic mass is 10.2. The summed E-state index contributed by atoms with van der Waals surface area (Å²) in [5.74, 6) is 0.595. The second-order valence-corrected chi connectivity index (χ2v) is 4.46. The minimum atomic E-state index is -4.55. The second-order valence-electron chi connectivity index (χ2n) is 4.46. The maximum Gasteiger partial charge on any atom is 0.433 e. The van der Waals surface area contributed by atoms with Crippen LogP contribution in [0, 0.1) is 6.92 Å². The predicted molar refractivity (Wildman–Crippen MR) is 66.4 cm³/mol. The van der Waals surface area contributed by atoms with Gasteiger partial charge >= 0.3 is 6.18 Å². The number of aromatic amines is 1. The minimum absolute atomic E-state index is 0.0969. The molecule has 104 valence electrons. The largest absolute Gasteiger partial charge is 0.433 e. The van der Waals surface area contributed by atoms with Gasteiger partial charge in [0, 0.05) is 12.4 Å². The van der Waals surface area contributed by atoms with Crippen molar-refractivity contribution >= 4 is 22.1 Å². The SMILES string of the molecule is Cc1nc2c(=O)[nH]c3nc(C(F)(F)F)ccc3c2n1C. The topological polar surface area (TPSA) is 63.6 Å². The fourth-order valence-corrected chi connectivity index (χ4v) is 2.15. The highest BCUT2D eigenvalue weighted by Gasteiger charge is 2.32. The molecule has 0 bridgehead atoms. The van der Waals surface area contributed by atoms with E-state index in [0.717, 1.165) is 6.07 Å². The van der Waals surface area contributed by atoms with E-state index in [-0.39, 0.29) is 11.2 Å². The predicted octanol–water partition coefficient (Wildman–Crippen LogP) is 2.14. The summed E-state index contributed by atoms with van der Waals surface area (Å²) in [5, 5.41) is 0.427. The fourth-order valence-electron chi connectivity index (χ4n) is 2.15. The number of halogens is 3. The van der Waals surface area contributed by atoms with Gasteiger partial charge < -0.3 is 9.55 Å². The van der Waals surface area contributed by atoms with Crippen LogP contribution in [0.3, 0.4) is 0 Å². The number of H-pyrrole nitrogens is 1. The summed E-state index contributed by atoms with van der Waals surface area (Å²) in [6, 6.07) is 2.19. The first-order chi connectivity index (χ1) is 9.29. The Balaban J connectivity index is 2.48. The van der Waals surface area contributed by atoms with Gasteiger partial charge in [-0.15, -0.1) is 0 Å². The number of pyridine rings is 2. The Kier molecular flexibility index (Phi) is 2.41. The Bertz CT molecular complexity index is 891. The summed E-state index contributed by atoms with van der Waals surface area (Å²) in [6.07, 6.45) is -4.55. The van der Waals surface area contributed by atoms with Gasteiger partial charge in [0.2, 0.25) is 0 Å². The number of aryl methyl sites for hydroxylation is 2. The lowest BCUT2D eigenvalue weighted by Gasteiger charge is -2.07. The summed E-state index contributed by atoms with van der Waals surface area (Å²) < 4.78 is 39.6. The number of fused-ring (bicyclic) bond motifs is 3. The Labute approximate surface area is 110 Å². The van der Waals surface area contributed by atoms with E-state index in [1.165, 1.54) is 6.07 Å². The molecule has 0 aliphatic heterocycles. The molecule has 5 nitrogen and oxygen atoms in total. The Morgan fingerprint density at radius 2 is 1.95 bits per heavy atom. The van der Waals surface area contributed by atoms with E-state index in [1.54, 1.807) is 18.5 Å². The van der Waals surface area contributed by atoms with Gasteiger partial charge in [-0.25, -0.2) is 9.97 Å². The minimum Gasteiger partial charge on any atom is -0.331 e. The number of nitrogens with one attached hydrogen (secondary N) is 1. The summed E-state index contributed by atoms with van der Waals surface area (Å²) in [7, 11) is 1.70. The molecule has 0 aliphatic rings. The summed E-state index contributed by atoms with van der Waals surface area (Å²) in [4.78, 5) is 21.8. The lowest BCUT2D eigenvalue weighted by molar-refractivity contribution is -0.141. The van der Waals surface area contributed by atoms with Gasteiger partial charge in [-0.05, 0) is 19.1 Å². The van der Waals surface area contributed by atoms with Gasteiger partial charge in [-0.1, -0.05) is 0 Å². The van der Waals surface area contributed by atoms with Crippen molar-refractivity contribution in [2.75, 3.05) is 0 Å². The Morgan fingerprint density at radius 3 is 2.60 bits per heavy atom. The third kappa shape index (κ3) is 1.68. The van der Waals surface area contributed by atoms with E-state index in [1.807, 2.05) is 0 Å². The zero-order chi connectivity index (χ0) is 14.7. The molecule has 0 saturated carbocycles. The molecule has 0 saturated heterocycles. The van der Waals surface area contributed by atoms with Crippen molar-refractivity contribution in [3.63, 3.8) is 0 Å². The molecule has 20 heavy (non-hydrogen) atoms. The zero-order valence-electron chi connectivity index (χ0n) is 10.5. The normalized spacial score (nSPS) is 12.4. The standard InChI is InChI=1S/C12H9F3N4O/c1-5-16-8-9(19(5)2)6-3-4-7(12(13,14)15)17-10(6)18-11(8)20/h3-4H,1-2H3,(H,17,18,20). The maximum atomic E-state index is 12.6. The first-order valence-electron chi connectivity index (χ1n) is 5.72. The molecule has 8 heteroatoms. The molecular weight excluding hydrogens is 273 g/mol. The monoisotopic (exact) mass is 282 g/mol. The fraction of sp³-hybridized carbons (Fsp3) is 0.250. The van der Waals surface area contributed by atoms with Gasteiger partial charge in [-0.2, -0.15) is 13.2 Å². The van der Waals surface area contributed by atoms with Gasteiger partial charge in [0.15, 0.2) is 5.52 Å². The molecule has 0 radical (unpaired) electrons. The highest BCUT2D eigenvalue weighted by molar-refractivity contribution is 6.00. The molecule has 0 atom stereocenters. The lowest BCUT2D eigenvalue weighted by Crippen LogP contribution is -2.12. The van der Waals surface area contributed by atoms with E-state index in [2.05, 4.69) is 15.0 Å². The van der Waals surface area contributed by atoms with Crippen molar-refractivity contribution in [1.82, 2.24) is 19.5 Å². The van der Waals surface area contributed by atoms with Crippen LogP contribution in [-0.2, 0) is 13.2 Å². The molecule has 3 rings (SSSR count). The van der Waals surface area contributed by atoms with Crippen LogP contribution < -0.4 is 5.56 Å². The number of nitrogens with zero attached hydrogens (tertiary/aromatic N) is 3. The number of aromatic nitrogens is 4. The number of rotatable bonds is 0. The van der Waals surface area contributed by atoms with Crippen LogP contribution in [0.5, 0.6) is 0 Å². The third-order valence-corrected chi connectivity index (χ3v) is 3.21. The summed E-state index contributed by atoms with van der Waals surface area (Å²) in [5.41, 5.74) is -1.02. The van der Waals surface area contributed by atoms with E-state index < -0.39 is 17.4 Å². The highest BCUT2D eigenvalue weighted by atomic mass is 19.4. The van der Waals surface area contributed by atoms with Gasteiger partial charge in [0.05, 0.1) is 5.52 Å². The van der Waals surface area contributed by atoms with Crippen LogP contribution in [0.15, 0.2) is 16.9 Å². The van der Waals surface area contributed by atoms with E-state index >= 15 is 0 Å². The molecule has 0 amide bonds. The first-order valence-corrected chi connectivity index (χ1v) is 5.72. The smallest absolute Gasteiger partial charge is 0.331 e. The molecule has 0 spiro atoms. The number of alkyl halides is 3. The third-order valence-electron chi connectivity index (χ3n) is 3.21. The molecule has 0 fully saturated rings.